The first kappa shape index (κ1) is 11.8. The van der Waals surface area contributed by atoms with Crippen LogP contribution in [0.1, 0.15) is 46.5 Å². The Morgan fingerprint density at radius 1 is 1.23 bits per heavy atom. The maximum atomic E-state index is 6.07. The highest BCUT2D eigenvalue weighted by atomic mass is 127. The second kappa shape index (κ2) is 4.96. The zero-order chi connectivity index (χ0) is 9.90. The Bertz CT molecular complexity index is 148. The van der Waals surface area contributed by atoms with Crippen LogP contribution in [0.15, 0.2) is 0 Å². The van der Waals surface area contributed by atoms with E-state index < -0.39 is 0 Å². The smallest absolute Gasteiger partial charge is 0.0719 e. The molecule has 0 bridgehead atoms. The Morgan fingerprint density at radius 2 is 1.77 bits per heavy atom. The van der Waals surface area contributed by atoms with Gasteiger partial charge in [0.2, 0.25) is 0 Å². The lowest BCUT2D eigenvalue weighted by Crippen LogP contribution is -2.34. The van der Waals surface area contributed by atoms with E-state index in [2.05, 4.69) is 43.4 Å². The minimum Gasteiger partial charge on any atom is -0.372 e. The molecule has 1 saturated carbocycles. The molecular formula is C11H21IO. The summed E-state index contributed by atoms with van der Waals surface area (Å²) in [5.74, 6) is 0.919. The standard InChI is InChI=1S/C11H21IO/c1-9-4-6-10(7-5-9)13-11(2,3)8-12/h9-10H,4-8H2,1-3H3. The van der Waals surface area contributed by atoms with Gasteiger partial charge in [0.05, 0.1) is 11.7 Å². The molecule has 0 saturated heterocycles. The molecule has 0 N–H and O–H groups in total. The molecule has 13 heavy (non-hydrogen) atoms. The van der Waals surface area contributed by atoms with E-state index in [0.29, 0.717) is 6.10 Å². The molecule has 0 atom stereocenters. The van der Waals surface area contributed by atoms with Crippen molar-refractivity contribution in [2.45, 2.75) is 58.2 Å². The third-order valence-corrected chi connectivity index (χ3v) is 4.61. The minimum absolute atomic E-state index is 0.0752. The molecule has 0 heterocycles. The third-order valence-electron chi connectivity index (χ3n) is 2.77. The van der Waals surface area contributed by atoms with Crippen LogP contribution in [0.2, 0.25) is 0 Å². The molecule has 78 valence electrons. The average Bonchev–Trinajstić information content (AvgIpc) is 2.09. The van der Waals surface area contributed by atoms with E-state index in [1.165, 1.54) is 25.7 Å². The van der Waals surface area contributed by atoms with Crippen LogP contribution in [-0.4, -0.2) is 16.1 Å². The molecule has 0 radical (unpaired) electrons. The highest BCUT2D eigenvalue weighted by Gasteiger charge is 2.25. The van der Waals surface area contributed by atoms with Crippen molar-refractivity contribution in [2.75, 3.05) is 4.43 Å². The normalized spacial score (nSPS) is 30.5. The van der Waals surface area contributed by atoms with E-state index in [1.807, 2.05) is 0 Å². The number of ether oxygens (including phenoxy) is 1. The fourth-order valence-electron chi connectivity index (χ4n) is 1.83. The summed E-state index contributed by atoms with van der Waals surface area (Å²) >= 11 is 2.41. The summed E-state index contributed by atoms with van der Waals surface area (Å²) in [6.45, 7) is 6.73. The lowest BCUT2D eigenvalue weighted by atomic mass is 9.88. The van der Waals surface area contributed by atoms with Gasteiger partial charge in [0.25, 0.3) is 0 Å². The van der Waals surface area contributed by atoms with Gasteiger partial charge in [-0.15, -0.1) is 0 Å². The Kier molecular flexibility index (Phi) is 4.49. The zero-order valence-electron chi connectivity index (χ0n) is 8.98. The number of hydrogen-bond acceptors (Lipinski definition) is 1. The van der Waals surface area contributed by atoms with Crippen molar-refractivity contribution in [1.29, 1.82) is 0 Å². The largest absolute Gasteiger partial charge is 0.372 e. The molecule has 1 fully saturated rings. The van der Waals surface area contributed by atoms with Crippen LogP contribution in [0.4, 0.5) is 0 Å². The molecule has 2 heteroatoms. The van der Waals surface area contributed by atoms with Gasteiger partial charge in [0.1, 0.15) is 0 Å². The number of halogens is 1. The fourth-order valence-corrected chi connectivity index (χ4v) is 2.01. The van der Waals surface area contributed by atoms with Crippen LogP contribution in [0.25, 0.3) is 0 Å². The summed E-state index contributed by atoms with van der Waals surface area (Å²) in [5.41, 5.74) is 0.0752. The summed E-state index contributed by atoms with van der Waals surface area (Å²) in [5, 5.41) is 0. The van der Waals surface area contributed by atoms with Crippen LogP contribution < -0.4 is 0 Å². The van der Waals surface area contributed by atoms with E-state index in [0.717, 1.165) is 10.3 Å². The third kappa shape index (κ3) is 4.15. The zero-order valence-corrected chi connectivity index (χ0v) is 11.1. The van der Waals surface area contributed by atoms with Gasteiger partial charge in [-0.3, -0.25) is 0 Å². The topological polar surface area (TPSA) is 9.23 Å². The van der Waals surface area contributed by atoms with Crippen molar-refractivity contribution in [2.24, 2.45) is 5.92 Å². The van der Waals surface area contributed by atoms with Crippen LogP contribution >= 0.6 is 22.6 Å². The van der Waals surface area contributed by atoms with Crippen molar-refractivity contribution in [3.05, 3.63) is 0 Å². The molecular weight excluding hydrogens is 275 g/mol. The highest BCUT2D eigenvalue weighted by Crippen LogP contribution is 2.29. The molecule has 1 aliphatic carbocycles. The predicted octanol–water partition coefficient (Wildman–Crippen LogP) is 3.80. The second-order valence-corrected chi connectivity index (χ2v) is 5.66. The van der Waals surface area contributed by atoms with Gasteiger partial charge >= 0.3 is 0 Å². The van der Waals surface area contributed by atoms with Crippen molar-refractivity contribution < 1.29 is 4.74 Å². The lowest BCUT2D eigenvalue weighted by Gasteiger charge is -2.33. The van der Waals surface area contributed by atoms with Crippen molar-refractivity contribution in [3.63, 3.8) is 0 Å². The number of alkyl halides is 1. The van der Waals surface area contributed by atoms with Crippen molar-refractivity contribution >= 4 is 22.6 Å². The van der Waals surface area contributed by atoms with Crippen LogP contribution in [-0.2, 0) is 4.74 Å². The monoisotopic (exact) mass is 296 g/mol. The Morgan fingerprint density at radius 3 is 2.23 bits per heavy atom. The Hall–Kier alpha value is 0.690. The summed E-state index contributed by atoms with van der Waals surface area (Å²) in [4.78, 5) is 0. The van der Waals surface area contributed by atoms with Gasteiger partial charge in [-0.2, -0.15) is 0 Å². The van der Waals surface area contributed by atoms with Gasteiger partial charge in [0.15, 0.2) is 0 Å². The molecule has 0 aromatic carbocycles. The molecule has 0 aromatic heterocycles. The first-order valence-corrected chi connectivity index (χ1v) is 6.80. The van der Waals surface area contributed by atoms with Crippen LogP contribution in [0.5, 0.6) is 0 Å². The summed E-state index contributed by atoms with van der Waals surface area (Å²) < 4.78 is 7.15. The van der Waals surface area contributed by atoms with Crippen LogP contribution in [0, 0.1) is 5.92 Å². The average molecular weight is 296 g/mol. The fraction of sp³-hybridized carbons (Fsp3) is 1.00. The first-order valence-electron chi connectivity index (χ1n) is 5.27. The molecule has 0 aromatic rings. The lowest BCUT2D eigenvalue weighted by molar-refractivity contribution is -0.0731. The summed E-state index contributed by atoms with van der Waals surface area (Å²) in [6, 6.07) is 0. The number of hydrogen-bond donors (Lipinski definition) is 0. The minimum atomic E-state index is 0.0752. The SMILES string of the molecule is CC1CCC(OC(C)(C)CI)CC1. The van der Waals surface area contributed by atoms with Gasteiger partial charge < -0.3 is 4.74 Å². The number of rotatable bonds is 3. The van der Waals surface area contributed by atoms with Gasteiger partial charge in [-0.05, 0) is 45.4 Å². The molecule has 1 aliphatic rings. The van der Waals surface area contributed by atoms with Gasteiger partial charge in [-0.1, -0.05) is 29.5 Å². The quantitative estimate of drug-likeness (QED) is 0.568. The summed E-state index contributed by atoms with van der Waals surface area (Å²) in [7, 11) is 0. The van der Waals surface area contributed by atoms with E-state index in [4.69, 9.17) is 4.74 Å². The molecule has 0 aliphatic heterocycles. The van der Waals surface area contributed by atoms with Gasteiger partial charge in [-0.25, -0.2) is 0 Å². The molecule has 1 rings (SSSR count). The second-order valence-electron chi connectivity index (χ2n) is 4.89. The molecule has 0 unspecified atom stereocenters. The van der Waals surface area contributed by atoms with Crippen molar-refractivity contribution in [3.8, 4) is 0 Å². The van der Waals surface area contributed by atoms with Crippen molar-refractivity contribution in [1.82, 2.24) is 0 Å². The molecule has 0 amide bonds. The highest BCUT2D eigenvalue weighted by molar-refractivity contribution is 14.1. The van der Waals surface area contributed by atoms with E-state index in [1.54, 1.807) is 0 Å². The van der Waals surface area contributed by atoms with E-state index >= 15 is 0 Å². The Labute approximate surface area is 95.8 Å². The molecule has 1 nitrogen and oxygen atoms in total. The first-order chi connectivity index (χ1) is 6.03. The van der Waals surface area contributed by atoms with E-state index in [-0.39, 0.29) is 5.60 Å². The maximum Gasteiger partial charge on any atom is 0.0719 e. The Balaban J connectivity index is 2.30. The van der Waals surface area contributed by atoms with E-state index in [9.17, 15) is 0 Å². The van der Waals surface area contributed by atoms with Gasteiger partial charge in [0, 0.05) is 4.43 Å². The predicted molar refractivity (Wildman–Crippen MR) is 65.5 cm³/mol. The van der Waals surface area contributed by atoms with Crippen LogP contribution in [0.3, 0.4) is 0 Å². The molecule has 0 spiro atoms. The summed E-state index contributed by atoms with van der Waals surface area (Å²) in [6.07, 6.45) is 5.76. The maximum absolute atomic E-state index is 6.07.